The van der Waals surface area contributed by atoms with Crippen LogP contribution < -0.4 is 4.74 Å². The number of unbranched alkanes of at least 4 members (excludes halogenated alkanes) is 1. The molecule has 2 aromatic heterocycles. The summed E-state index contributed by atoms with van der Waals surface area (Å²) in [6.07, 6.45) is 5.23. The van der Waals surface area contributed by atoms with Crippen LogP contribution in [0.2, 0.25) is 0 Å². The number of hydrogen-bond acceptors (Lipinski definition) is 6. The highest BCUT2D eigenvalue weighted by Gasteiger charge is 2.44. The Morgan fingerprint density at radius 1 is 1.21 bits per heavy atom. The van der Waals surface area contributed by atoms with E-state index in [4.69, 9.17) is 9.15 Å². The second kappa shape index (κ2) is 9.73. The molecule has 7 nitrogen and oxygen atoms in total. The number of rotatable bonds is 9. The third kappa shape index (κ3) is 4.67. The lowest BCUT2D eigenvalue weighted by Gasteiger charge is -2.27. The zero-order valence-electron chi connectivity index (χ0n) is 18.7. The highest BCUT2D eigenvalue weighted by Crippen LogP contribution is 2.40. The summed E-state index contributed by atoms with van der Waals surface area (Å²) in [5.74, 6) is -0.428. The molecule has 1 atom stereocenters. The van der Waals surface area contributed by atoms with Gasteiger partial charge in [0.15, 0.2) is 11.5 Å². The molecule has 1 aliphatic heterocycles. The lowest BCUT2D eigenvalue weighted by Crippen LogP contribution is -2.30. The fourth-order valence-electron chi connectivity index (χ4n) is 3.88. The molecular weight excluding hydrogens is 420 g/mol. The van der Waals surface area contributed by atoms with Crippen molar-refractivity contribution in [1.29, 1.82) is 0 Å². The van der Waals surface area contributed by atoms with Gasteiger partial charge in [0.1, 0.15) is 11.5 Å². The first-order valence-corrected chi connectivity index (χ1v) is 11.0. The summed E-state index contributed by atoms with van der Waals surface area (Å²) in [7, 11) is 0. The summed E-state index contributed by atoms with van der Waals surface area (Å²) in [6, 6.07) is 13.3. The number of aliphatic hydroxyl groups excluding tert-OH is 1. The van der Waals surface area contributed by atoms with E-state index in [1.807, 2.05) is 30.3 Å². The van der Waals surface area contributed by atoms with E-state index < -0.39 is 23.5 Å². The summed E-state index contributed by atoms with van der Waals surface area (Å²) < 4.78 is 11.4. The number of aliphatic hydroxyl groups is 1. The second-order valence-corrected chi connectivity index (χ2v) is 7.97. The molecule has 3 aromatic rings. The van der Waals surface area contributed by atoms with Crippen molar-refractivity contribution in [2.45, 2.75) is 39.3 Å². The van der Waals surface area contributed by atoms with Crippen molar-refractivity contribution in [2.24, 2.45) is 0 Å². The zero-order valence-corrected chi connectivity index (χ0v) is 18.7. The van der Waals surface area contributed by atoms with E-state index in [0.29, 0.717) is 23.7 Å². The van der Waals surface area contributed by atoms with Gasteiger partial charge >= 0.3 is 0 Å². The van der Waals surface area contributed by atoms with E-state index in [1.165, 1.54) is 4.90 Å². The van der Waals surface area contributed by atoms with Gasteiger partial charge in [-0.25, -0.2) is 0 Å². The quantitative estimate of drug-likeness (QED) is 0.370. The summed E-state index contributed by atoms with van der Waals surface area (Å²) in [5.41, 5.74) is 1.43. The number of hydrogen-bond donors (Lipinski definition) is 1. The zero-order chi connectivity index (χ0) is 23.4. The Bertz CT molecular complexity index is 1180. The Labute approximate surface area is 192 Å². The van der Waals surface area contributed by atoms with Gasteiger partial charge < -0.3 is 19.2 Å². The number of pyridine rings is 1. The molecular formula is C26H26N2O5. The molecule has 0 saturated heterocycles. The second-order valence-electron chi connectivity index (χ2n) is 7.97. The van der Waals surface area contributed by atoms with Crippen molar-refractivity contribution in [1.82, 2.24) is 9.88 Å². The smallest absolute Gasteiger partial charge is 0.290 e. The minimum absolute atomic E-state index is 0.0102. The van der Waals surface area contributed by atoms with Crippen LogP contribution in [0.3, 0.4) is 0 Å². The fraction of sp³-hybridized carbons (Fsp3) is 0.269. The van der Waals surface area contributed by atoms with Crippen molar-refractivity contribution in [3.8, 4) is 5.75 Å². The summed E-state index contributed by atoms with van der Waals surface area (Å²) in [4.78, 5) is 32.1. The van der Waals surface area contributed by atoms with E-state index in [-0.39, 0.29) is 17.9 Å². The minimum atomic E-state index is -0.801. The van der Waals surface area contributed by atoms with Gasteiger partial charge in [-0.2, -0.15) is 0 Å². The predicted octanol–water partition coefficient (Wildman–Crippen LogP) is 4.94. The third-order valence-corrected chi connectivity index (χ3v) is 5.53. The van der Waals surface area contributed by atoms with E-state index in [0.717, 1.165) is 18.4 Å². The maximum absolute atomic E-state index is 13.4. The minimum Gasteiger partial charge on any atom is -0.503 e. The number of furan rings is 1. The van der Waals surface area contributed by atoms with Crippen molar-refractivity contribution < 1.29 is 23.8 Å². The molecule has 7 heteroatoms. The van der Waals surface area contributed by atoms with Crippen LogP contribution in [0.25, 0.3) is 0 Å². The topological polar surface area (TPSA) is 92.9 Å². The van der Waals surface area contributed by atoms with Gasteiger partial charge in [0, 0.05) is 18.9 Å². The highest BCUT2D eigenvalue weighted by molar-refractivity contribution is 6.15. The van der Waals surface area contributed by atoms with E-state index >= 15 is 0 Å². The lowest BCUT2D eigenvalue weighted by atomic mass is 9.94. The van der Waals surface area contributed by atoms with Crippen LogP contribution in [0.1, 0.15) is 53.2 Å². The Hall–Kier alpha value is -3.87. The molecule has 170 valence electrons. The Kier molecular flexibility index (Phi) is 6.58. The monoisotopic (exact) mass is 446 g/mol. The van der Waals surface area contributed by atoms with Gasteiger partial charge in [0.2, 0.25) is 5.78 Å². The third-order valence-electron chi connectivity index (χ3n) is 5.53. The molecule has 0 saturated carbocycles. The van der Waals surface area contributed by atoms with Gasteiger partial charge in [-0.3, -0.25) is 14.6 Å². The van der Waals surface area contributed by atoms with Crippen LogP contribution in [-0.2, 0) is 11.3 Å². The maximum Gasteiger partial charge on any atom is 0.290 e. The van der Waals surface area contributed by atoms with Crippen molar-refractivity contribution in [2.75, 3.05) is 6.61 Å². The van der Waals surface area contributed by atoms with E-state index in [1.54, 1.807) is 37.5 Å². The van der Waals surface area contributed by atoms with Crippen LogP contribution in [0.4, 0.5) is 0 Å². The SMILES string of the molecule is CCCCOc1cccc(C2C(C(=O)c3ccc(C)o3)=C(O)C(=O)N2Cc2cccnc2)c1. The molecule has 33 heavy (non-hydrogen) atoms. The molecule has 0 fully saturated rings. The number of carbonyl (C=O) groups excluding carboxylic acids is 2. The molecule has 0 aliphatic carbocycles. The van der Waals surface area contributed by atoms with E-state index in [2.05, 4.69) is 11.9 Å². The number of aromatic nitrogens is 1. The van der Waals surface area contributed by atoms with Crippen LogP contribution in [-0.4, -0.2) is 33.3 Å². The molecule has 3 heterocycles. The number of amides is 1. The van der Waals surface area contributed by atoms with Crippen LogP contribution in [0, 0.1) is 6.92 Å². The molecule has 4 rings (SSSR count). The lowest BCUT2D eigenvalue weighted by molar-refractivity contribution is -0.130. The molecule has 1 aliphatic rings. The Morgan fingerprint density at radius 2 is 2.06 bits per heavy atom. The maximum atomic E-state index is 13.4. The molecule has 1 amide bonds. The largest absolute Gasteiger partial charge is 0.503 e. The first-order valence-electron chi connectivity index (χ1n) is 11.0. The van der Waals surface area contributed by atoms with Gasteiger partial charge in [0.05, 0.1) is 18.2 Å². The number of ether oxygens (including phenoxy) is 1. The predicted molar refractivity (Wildman–Crippen MR) is 122 cm³/mol. The summed E-state index contributed by atoms with van der Waals surface area (Å²) in [6.45, 7) is 4.56. The van der Waals surface area contributed by atoms with Gasteiger partial charge in [-0.1, -0.05) is 31.5 Å². The average molecular weight is 447 g/mol. The highest BCUT2D eigenvalue weighted by atomic mass is 16.5. The molecule has 0 spiro atoms. The Morgan fingerprint density at radius 3 is 2.76 bits per heavy atom. The number of Topliss-reactive ketones (excluding diaryl/α,β-unsaturated/α-hetero) is 1. The van der Waals surface area contributed by atoms with Gasteiger partial charge in [-0.15, -0.1) is 0 Å². The molecule has 0 bridgehead atoms. The number of aryl methyl sites for hydroxylation is 1. The van der Waals surface area contributed by atoms with Gasteiger partial charge in [0.25, 0.3) is 5.91 Å². The van der Waals surface area contributed by atoms with Crippen molar-refractivity contribution in [3.63, 3.8) is 0 Å². The summed E-state index contributed by atoms with van der Waals surface area (Å²) >= 11 is 0. The number of carbonyl (C=O) groups is 2. The molecule has 1 N–H and O–H groups in total. The average Bonchev–Trinajstić information content (AvgIpc) is 3.36. The molecule has 1 aromatic carbocycles. The van der Waals surface area contributed by atoms with Crippen LogP contribution >= 0.6 is 0 Å². The molecule has 0 radical (unpaired) electrons. The first kappa shape index (κ1) is 22.3. The van der Waals surface area contributed by atoms with Crippen molar-refractivity contribution in [3.05, 3.63) is 94.9 Å². The molecule has 1 unspecified atom stereocenters. The number of ketones is 1. The van der Waals surface area contributed by atoms with Crippen LogP contribution in [0.15, 0.2) is 76.7 Å². The van der Waals surface area contributed by atoms with Crippen LogP contribution in [0.5, 0.6) is 5.75 Å². The first-order chi connectivity index (χ1) is 16.0. The number of benzene rings is 1. The van der Waals surface area contributed by atoms with Gasteiger partial charge in [-0.05, 0) is 54.8 Å². The number of nitrogens with zero attached hydrogens (tertiary/aromatic N) is 2. The fourth-order valence-corrected chi connectivity index (χ4v) is 3.88. The Balaban J connectivity index is 1.75. The van der Waals surface area contributed by atoms with Crippen molar-refractivity contribution >= 4 is 11.7 Å². The standard InChI is InChI=1S/C26H26N2O5/c1-3-4-13-32-20-9-5-8-19(14-20)23-22(24(29)21-11-10-17(2)33-21)25(30)26(31)28(23)16-18-7-6-12-27-15-18/h5-12,14-15,23,30H,3-4,13,16H2,1-2H3. The summed E-state index contributed by atoms with van der Waals surface area (Å²) in [5, 5.41) is 10.8. The normalized spacial score (nSPS) is 15.9. The van der Waals surface area contributed by atoms with E-state index in [9.17, 15) is 14.7 Å².